The van der Waals surface area contributed by atoms with Crippen molar-refractivity contribution < 1.29 is 19.7 Å². The van der Waals surface area contributed by atoms with Gasteiger partial charge in [-0.2, -0.15) is 9.97 Å². The van der Waals surface area contributed by atoms with Gasteiger partial charge in [-0.3, -0.25) is 9.36 Å². The van der Waals surface area contributed by atoms with E-state index < -0.39 is 30.4 Å². The Hall–Kier alpha value is -4.10. The normalized spacial score (nSPS) is 20.2. The third-order valence-corrected chi connectivity index (χ3v) is 7.49. The van der Waals surface area contributed by atoms with Crippen molar-refractivity contribution in [2.24, 2.45) is 0 Å². The van der Waals surface area contributed by atoms with Crippen molar-refractivity contribution in [2.75, 3.05) is 50.9 Å². The molecule has 12 nitrogen and oxygen atoms in total. The summed E-state index contributed by atoms with van der Waals surface area (Å²) in [4.78, 5) is 28.7. The molecule has 0 aliphatic carbocycles. The van der Waals surface area contributed by atoms with E-state index in [1.165, 1.54) is 6.33 Å². The molecule has 1 aliphatic rings. The summed E-state index contributed by atoms with van der Waals surface area (Å²) in [5, 5.41) is 31.0. The minimum atomic E-state index is -1.41. The Labute approximate surface area is 251 Å². The smallest absolute Gasteiger partial charge is 0.252 e. The molecule has 2 aromatic carbocycles. The monoisotopic (exact) mass is 588 g/mol. The van der Waals surface area contributed by atoms with Gasteiger partial charge in [-0.05, 0) is 45.1 Å². The molecular formula is C31H40N8O4. The van der Waals surface area contributed by atoms with Crippen LogP contribution in [0.25, 0.3) is 11.2 Å². The van der Waals surface area contributed by atoms with Crippen molar-refractivity contribution in [1.29, 1.82) is 0 Å². The zero-order valence-electron chi connectivity index (χ0n) is 24.7. The highest BCUT2D eigenvalue weighted by atomic mass is 16.6. The number of fused-ring (bicyclic) bond motifs is 1. The molecule has 5 N–H and O–H groups in total. The molecule has 43 heavy (non-hydrogen) atoms. The zero-order chi connectivity index (χ0) is 30.3. The van der Waals surface area contributed by atoms with Crippen LogP contribution in [0.5, 0.6) is 0 Å². The van der Waals surface area contributed by atoms with Crippen LogP contribution in [0.3, 0.4) is 0 Å². The number of nitrogens with zero attached hydrogens (tertiary/aromatic N) is 5. The Bertz CT molecular complexity index is 1440. The topological polar surface area (TPSA) is 150 Å². The van der Waals surface area contributed by atoms with E-state index >= 15 is 0 Å². The summed E-state index contributed by atoms with van der Waals surface area (Å²) in [5.74, 6) is 0.455. The van der Waals surface area contributed by atoms with Crippen molar-refractivity contribution in [2.45, 2.75) is 43.8 Å². The van der Waals surface area contributed by atoms with E-state index in [0.717, 1.165) is 24.1 Å². The highest BCUT2D eigenvalue weighted by Crippen LogP contribution is 2.33. The predicted molar refractivity (Wildman–Crippen MR) is 165 cm³/mol. The molecule has 1 saturated heterocycles. The number of aliphatic hydroxyl groups excluding tert-OH is 2. The quantitative estimate of drug-likeness (QED) is 0.147. The molecule has 2 aromatic heterocycles. The molecule has 1 fully saturated rings. The fourth-order valence-corrected chi connectivity index (χ4v) is 5.28. The maximum absolute atomic E-state index is 12.5. The van der Waals surface area contributed by atoms with Crippen molar-refractivity contribution in [3.05, 3.63) is 78.1 Å². The summed E-state index contributed by atoms with van der Waals surface area (Å²) >= 11 is 0. The standard InChI is InChI=1S/C31H40N8O4/c1-4-32-29(42)26-24(40)25(41)30(43-26)39-19-35-23-27(36-31(37-28(23)39)33-16-11-17-38(2)3)34-18-22(20-12-7-5-8-13-20)21-14-9-6-10-15-21/h5-10,12-15,19,22,24-26,30,40-41H,4,11,16-18H2,1-3H3,(H,32,42)(H2,33,34,36,37)/t24-,25+,26-,30+/m0/s1. The minimum absolute atomic E-state index is 0.0407. The number of ether oxygens (including phenoxy) is 1. The first-order valence-corrected chi connectivity index (χ1v) is 14.6. The highest BCUT2D eigenvalue weighted by Gasteiger charge is 2.47. The summed E-state index contributed by atoms with van der Waals surface area (Å²) in [5.41, 5.74) is 3.20. The van der Waals surface area contributed by atoms with Gasteiger partial charge in [0.1, 0.15) is 12.2 Å². The van der Waals surface area contributed by atoms with Gasteiger partial charge in [-0.25, -0.2) is 4.98 Å². The second-order valence-corrected chi connectivity index (χ2v) is 10.9. The molecule has 5 rings (SSSR count). The first kappa shape index (κ1) is 30.4. The third kappa shape index (κ3) is 6.94. The molecule has 12 heteroatoms. The molecular weight excluding hydrogens is 548 g/mol. The van der Waals surface area contributed by atoms with Gasteiger partial charge >= 0.3 is 0 Å². The molecule has 0 spiro atoms. The van der Waals surface area contributed by atoms with Crippen LogP contribution in [0.1, 0.15) is 36.6 Å². The van der Waals surface area contributed by atoms with Crippen molar-refractivity contribution >= 4 is 28.8 Å². The maximum Gasteiger partial charge on any atom is 0.252 e. The van der Waals surface area contributed by atoms with E-state index in [1.807, 2.05) is 50.5 Å². The summed E-state index contributed by atoms with van der Waals surface area (Å²) in [7, 11) is 4.04. The van der Waals surface area contributed by atoms with Gasteiger partial charge in [0, 0.05) is 25.6 Å². The molecule has 1 aliphatic heterocycles. The van der Waals surface area contributed by atoms with Gasteiger partial charge in [0.2, 0.25) is 5.95 Å². The van der Waals surface area contributed by atoms with E-state index in [0.29, 0.717) is 42.6 Å². The Kier molecular flexibility index (Phi) is 9.82. The lowest BCUT2D eigenvalue weighted by atomic mass is 9.91. The van der Waals surface area contributed by atoms with Crippen LogP contribution in [-0.4, -0.2) is 99.1 Å². The van der Waals surface area contributed by atoms with Gasteiger partial charge in [0.15, 0.2) is 29.3 Å². The summed E-state index contributed by atoms with van der Waals surface area (Å²) in [6.07, 6.45) is -2.70. The van der Waals surface area contributed by atoms with Crippen LogP contribution in [0.15, 0.2) is 67.0 Å². The van der Waals surface area contributed by atoms with Crippen LogP contribution in [-0.2, 0) is 9.53 Å². The number of hydrogen-bond acceptors (Lipinski definition) is 10. The fourth-order valence-electron chi connectivity index (χ4n) is 5.28. The van der Waals surface area contributed by atoms with Crippen LogP contribution < -0.4 is 16.0 Å². The highest BCUT2D eigenvalue weighted by molar-refractivity contribution is 5.85. The van der Waals surface area contributed by atoms with Crippen molar-refractivity contribution in [3.63, 3.8) is 0 Å². The van der Waals surface area contributed by atoms with Gasteiger partial charge in [0.05, 0.1) is 6.33 Å². The lowest BCUT2D eigenvalue weighted by Crippen LogP contribution is -2.42. The number of likely N-dealkylation sites (N-methyl/N-ethyl adjacent to an activating group) is 1. The number of imidazole rings is 1. The first-order valence-electron chi connectivity index (χ1n) is 14.6. The number of carbonyl (C=O) groups excluding carboxylic acids is 1. The molecule has 0 saturated carbocycles. The Morgan fingerprint density at radius 3 is 2.30 bits per heavy atom. The fraction of sp³-hybridized carbons (Fsp3) is 0.419. The Morgan fingerprint density at radius 1 is 1.00 bits per heavy atom. The number of nitrogens with one attached hydrogen (secondary N) is 3. The first-order chi connectivity index (χ1) is 20.9. The number of aliphatic hydroxyl groups is 2. The zero-order valence-corrected chi connectivity index (χ0v) is 24.7. The van der Waals surface area contributed by atoms with E-state index in [2.05, 4.69) is 50.1 Å². The van der Waals surface area contributed by atoms with E-state index in [4.69, 9.17) is 14.7 Å². The van der Waals surface area contributed by atoms with E-state index in [1.54, 1.807) is 11.5 Å². The number of aromatic nitrogens is 4. The predicted octanol–water partition coefficient (Wildman–Crippen LogP) is 2.19. The van der Waals surface area contributed by atoms with E-state index in [9.17, 15) is 15.0 Å². The van der Waals surface area contributed by atoms with Crippen LogP contribution in [0.2, 0.25) is 0 Å². The lowest BCUT2D eigenvalue weighted by Gasteiger charge is -2.20. The molecule has 3 heterocycles. The Balaban J connectivity index is 1.47. The van der Waals surface area contributed by atoms with E-state index in [-0.39, 0.29) is 5.92 Å². The summed E-state index contributed by atoms with van der Waals surface area (Å²) in [6, 6.07) is 20.5. The van der Waals surface area contributed by atoms with Gasteiger partial charge in [0.25, 0.3) is 5.91 Å². The van der Waals surface area contributed by atoms with Crippen LogP contribution >= 0.6 is 0 Å². The summed E-state index contributed by atoms with van der Waals surface area (Å²) in [6.45, 7) is 4.23. The molecule has 4 aromatic rings. The number of rotatable bonds is 13. The molecule has 0 unspecified atom stereocenters. The van der Waals surface area contributed by atoms with Crippen LogP contribution in [0, 0.1) is 0 Å². The third-order valence-electron chi connectivity index (χ3n) is 7.49. The van der Waals surface area contributed by atoms with Crippen molar-refractivity contribution in [3.8, 4) is 0 Å². The van der Waals surface area contributed by atoms with Gasteiger partial charge in [-0.15, -0.1) is 0 Å². The number of hydrogen-bond donors (Lipinski definition) is 5. The number of amides is 1. The number of benzene rings is 2. The number of carbonyl (C=O) groups is 1. The van der Waals surface area contributed by atoms with Crippen LogP contribution in [0.4, 0.5) is 11.8 Å². The molecule has 0 radical (unpaired) electrons. The average Bonchev–Trinajstić information content (AvgIpc) is 3.56. The maximum atomic E-state index is 12.5. The second kappa shape index (κ2) is 13.9. The molecule has 0 bridgehead atoms. The second-order valence-electron chi connectivity index (χ2n) is 10.9. The molecule has 228 valence electrons. The molecule has 4 atom stereocenters. The lowest BCUT2D eigenvalue weighted by molar-refractivity contribution is -0.137. The summed E-state index contributed by atoms with van der Waals surface area (Å²) < 4.78 is 7.42. The largest absolute Gasteiger partial charge is 0.387 e. The number of anilines is 2. The Morgan fingerprint density at radius 2 is 1.67 bits per heavy atom. The van der Waals surface area contributed by atoms with Gasteiger partial charge < -0.3 is 35.8 Å². The minimum Gasteiger partial charge on any atom is -0.387 e. The van der Waals surface area contributed by atoms with Gasteiger partial charge in [-0.1, -0.05) is 60.7 Å². The average molecular weight is 589 g/mol. The van der Waals surface area contributed by atoms with Crippen molar-refractivity contribution in [1.82, 2.24) is 29.7 Å². The molecule has 1 amide bonds. The SMILES string of the molecule is CCNC(=O)[C@H]1O[C@@H](n2cnc3c(NCC(c4ccccc4)c4ccccc4)nc(NCCCN(C)C)nc32)[C@H](O)[C@@H]1O.